The minimum absolute atomic E-state index is 0.264. The van der Waals surface area contributed by atoms with Crippen LogP contribution in [0.5, 0.6) is 5.75 Å². The van der Waals surface area contributed by atoms with Gasteiger partial charge in [0.2, 0.25) is 0 Å². The van der Waals surface area contributed by atoms with Gasteiger partial charge < -0.3 is 19.5 Å². The lowest BCUT2D eigenvalue weighted by atomic mass is 10.1. The number of benzene rings is 2. The molecular weight excluding hydrogens is 442 g/mol. The third-order valence-electron chi connectivity index (χ3n) is 5.52. The van der Waals surface area contributed by atoms with Crippen LogP contribution in [-0.4, -0.2) is 32.8 Å². The summed E-state index contributed by atoms with van der Waals surface area (Å²) >= 11 is 0. The van der Waals surface area contributed by atoms with Gasteiger partial charge in [-0.15, -0.1) is 0 Å². The molecule has 6 heteroatoms. The number of unbranched alkanes of at least 4 members (excludes halogenated alkanes) is 6. The Morgan fingerprint density at radius 2 is 1.54 bits per heavy atom. The van der Waals surface area contributed by atoms with Gasteiger partial charge in [-0.3, -0.25) is 0 Å². The van der Waals surface area contributed by atoms with E-state index in [2.05, 4.69) is 41.0 Å². The maximum absolute atomic E-state index is 12.1. The first-order valence-corrected chi connectivity index (χ1v) is 12.3. The monoisotopic (exact) mass is 479 g/mol. The van der Waals surface area contributed by atoms with Gasteiger partial charge in [-0.05, 0) is 41.8 Å². The second kappa shape index (κ2) is 16.3. The van der Waals surface area contributed by atoms with Crippen LogP contribution in [0.4, 0.5) is 0 Å². The first-order chi connectivity index (χ1) is 17.1. The maximum atomic E-state index is 12.1. The zero-order chi connectivity index (χ0) is 25.3. The molecular formula is C29H37NO5. The van der Waals surface area contributed by atoms with Gasteiger partial charge >= 0.3 is 11.9 Å². The minimum atomic E-state index is -0.528. The van der Waals surface area contributed by atoms with Gasteiger partial charge in [-0.25, -0.2) is 9.59 Å². The third-order valence-corrected chi connectivity index (χ3v) is 5.52. The quantitative estimate of drug-likeness (QED) is 0.222. The summed E-state index contributed by atoms with van der Waals surface area (Å²) in [5, 5.41) is 3.38. The summed E-state index contributed by atoms with van der Waals surface area (Å²) in [7, 11) is 2.58. The Hall–Kier alpha value is -3.30. The highest BCUT2D eigenvalue weighted by Crippen LogP contribution is 2.21. The van der Waals surface area contributed by atoms with Crippen molar-refractivity contribution < 1.29 is 23.8 Å². The van der Waals surface area contributed by atoms with E-state index in [9.17, 15) is 9.59 Å². The fraction of sp³-hybridized carbons (Fsp3) is 0.448. The number of rotatable bonds is 14. The van der Waals surface area contributed by atoms with Gasteiger partial charge in [0.15, 0.2) is 6.61 Å². The first kappa shape index (κ1) is 27.9. The summed E-state index contributed by atoms with van der Waals surface area (Å²) in [5.74, 6) is 5.75. The van der Waals surface area contributed by atoms with E-state index in [4.69, 9.17) is 9.47 Å². The maximum Gasteiger partial charge on any atom is 0.343 e. The number of carbonyl (C=O) groups excluding carboxylic acids is 2. The van der Waals surface area contributed by atoms with E-state index < -0.39 is 11.9 Å². The van der Waals surface area contributed by atoms with Crippen LogP contribution in [0.25, 0.3) is 0 Å². The molecule has 2 rings (SSSR count). The molecule has 0 saturated heterocycles. The van der Waals surface area contributed by atoms with E-state index in [-0.39, 0.29) is 17.9 Å². The molecule has 0 aliphatic heterocycles. The molecule has 2 aromatic carbocycles. The molecule has 1 N–H and O–H groups in total. The lowest BCUT2D eigenvalue weighted by Gasteiger charge is -2.12. The highest BCUT2D eigenvalue weighted by atomic mass is 16.6. The molecule has 0 spiro atoms. The number of hydrogen-bond acceptors (Lipinski definition) is 6. The van der Waals surface area contributed by atoms with Crippen LogP contribution in [0.1, 0.15) is 78.9 Å². The molecule has 6 nitrogen and oxygen atoms in total. The Labute approximate surface area is 209 Å². The predicted octanol–water partition coefficient (Wildman–Crippen LogP) is 5.42. The van der Waals surface area contributed by atoms with Crippen molar-refractivity contribution in [2.45, 2.75) is 65.0 Å². The lowest BCUT2D eigenvalue weighted by molar-refractivity contribution is -0.142. The van der Waals surface area contributed by atoms with Crippen molar-refractivity contribution in [1.29, 1.82) is 0 Å². The van der Waals surface area contributed by atoms with Gasteiger partial charge in [-0.2, -0.15) is 0 Å². The second-order valence-electron chi connectivity index (χ2n) is 8.31. The molecule has 0 unspecified atom stereocenters. The van der Waals surface area contributed by atoms with Crippen LogP contribution >= 0.6 is 0 Å². The lowest BCUT2D eigenvalue weighted by Crippen LogP contribution is -2.16. The Balaban J connectivity index is 1.82. The fourth-order valence-corrected chi connectivity index (χ4v) is 3.49. The zero-order valence-corrected chi connectivity index (χ0v) is 21.2. The highest BCUT2D eigenvalue weighted by molar-refractivity contribution is 5.92. The van der Waals surface area contributed by atoms with Gasteiger partial charge in [0, 0.05) is 25.1 Å². The minimum Gasteiger partial charge on any atom is -0.481 e. The molecule has 0 bridgehead atoms. The summed E-state index contributed by atoms with van der Waals surface area (Å²) in [6, 6.07) is 13.5. The number of ether oxygens (including phenoxy) is 3. The Kier molecular flexibility index (Phi) is 13.1. The molecule has 2 aromatic rings. The molecule has 0 heterocycles. The van der Waals surface area contributed by atoms with Crippen molar-refractivity contribution in [3.63, 3.8) is 0 Å². The molecule has 35 heavy (non-hydrogen) atoms. The molecule has 0 aliphatic carbocycles. The normalized spacial score (nSPS) is 10.3. The van der Waals surface area contributed by atoms with Crippen molar-refractivity contribution in [1.82, 2.24) is 5.32 Å². The summed E-state index contributed by atoms with van der Waals surface area (Å²) in [6.07, 6.45) is 8.66. The van der Waals surface area contributed by atoms with Crippen molar-refractivity contribution >= 4 is 11.9 Å². The van der Waals surface area contributed by atoms with Crippen LogP contribution in [0.2, 0.25) is 0 Å². The largest absolute Gasteiger partial charge is 0.481 e. The SMILES string of the molecule is CCCCCCCCC#Cc1ccc(CNCc2ccc(OCC(=O)OC)c(C(=O)OC)c2)cc1. The van der Waals surface area contributed by atoms with E-state index in [1.165, 1.54) is 52.7 Å². The number of hydrogen-bond donors (Lipinski definition) is 1. The van der Waals surface area contributed by atoms with Gasteiger partial charge in [-0.1, -0.05) is 69.1 Å². The summed E-state index contributed by atoms with van der Waals surface area (Å²) in [5.41, 5.74) is 3.34. The van der Waals surface area contributed by atoms with Crippen LogP contribution in [-0.2, 0) is 27.4 Å². The fourth-order valence-electron chi connectivity index (χ4n) is 3.49. The third kappa shape index (κ3) is 10.7. The number of nitrogens with one attached hydrogen (secondary N) is 1. The molecule has 0 radical (unpaired) electrons. The Bertz CT molecular complexity index is 988. The van der Waals surface area contributed by atoms with Crippen molar-refractivity contribution in [2.75, 3.05) is 20.8 Å². The molecule has 0 aliphatic rings. The van der Waals surface area contributed by atoms with Crippen LogP contribution < -0.4 is 10.1 Å². The van der Waals surface area contributed by atoms with Crippen LogP contribution in [0.15, 0.2) is 42.5 Å². The van der Waals surface area contributed by atoms with Gasteiger partial charge in [0.25, 0.3) is 0 Å². The van der Waals surface area contributed by atoms with E-state index in [0.717, 1.165) is 23.1 Å². The predicted molar refractivity (Wildman–Crippen MR) is 137 cm³/mol. The van der Waals surface area contributed by atoms with E-state index in [1.807, 2.05) is 18.2 Å². The molecule has 188 valence electrons. The second-order valence-corrected chi connectivity index (χ2v) is 8.31. The topological polar surface area (TPSA) is 73.9 Å². The molecule has 0 fully saturated rings. The van der Waals surface area contributed by atoms with Crippen molar-refractivity contribution in [3.8, 4) is 17.6 Å². The number of methoxy groups -OCH3 is 2. The standard InChI is InChI=1S/C29H37NO5/c1-4-5-6-7-8-9-10-11-12-23-13-15-24(16-14-23)20-30-21-25-17-18-27(35-22-28(31)33-2)26(19-25)29(32)34-3/h13-19,30H,4-10,20-22H2,1-3H3. The van der Waals surface area contributed by atoms with Gasteiger partial charge in [0.05, 0.1) is 14.2 Å². The van der Waals surface area contributed by atoms with E-state index >= 15 is 0 Å². The van der Waals surface area contributed by atoms with E-state index in [1.54, 1.807) is 12.1 Å². The average Bonchev–Trinajstić information content (AvgIpc) is 2.89. The molecule has 0 saturated carbocycles. The summed E-state index contributed by atoms with van der Waals surface area (Å²) < 4.78 is 14.8. The molecule has 0 amide bonds. The van der Waals surface area contributed by atoms with Crippen molar-refractivity contribution in [3.05, 3.63) is 64.7 Å². The molecule has 0 aromatic heterocycles. The zero-order valence-electron chi connectivity index (χ0n) is 21.2. The Morgan fingerprint density at radius 1 is 0.857 bits per heavy atom. The summed E-state index contributed by atoms with van der Waals surface area (Å²) in [6.45, 7) is 3.19. The van der Waals surface area contributed by atoms with Crippen LogP contribution in [0, 0.1) is 11.8 Å². The van der Waals surface area contributed by atoms with Crippen molar-refractivity contribution in [2.24, 2.45) is 0 Å². The highest BCUT2D eigenvalue weighted by Gasteiger charge is 2.15. The molecule has 0 atom stereocenters. The average molecular weight is 480 g/mol. The number of esters is 2. The van der Waals surface area contributed by atoms with Gasteiger partial charge in [0.1, 0.15) is 11.3 Å². The van der Waals surface area contributed by atoms with E-state index in [0.29, 0.717) is 13.1 Å². The summed E-state index contributed by atoms with van der Waals surface area (Å²) in [4.78, 5) is 23.5. The Morgan fingerprint density at radius 3 is 2.26 bits per heavy atom. The first-order valence-electron chi connectivity index (χ1n) is 12.3. The van der Waals surface area contributed by atoms with Crippen LogP contribution in [0.3, 0.4) is 0 Å². The number of carbonyl (C=O) groups is 2. The smallest absolute Gasteiger partial charge is 0.343 e.